The summed E-state index contributed by atoms with van der Waals surface area (Å²) in [5, 5.41) is 9.34. The Morgan fingerprint density at radius 1 is 1.24 bits per heavy atom. The third-order valence-corrected chi connectivity index (χ3v) is 7.15. The van der Waals surface area contributed by atoms with Crippen molar-refractivity contribution in [3.05, 3.63) is 74.2 Å². The van der Waals surface area contributed by atoms with E-state index in [4.69, 9.17) is 16.9 Å². The summed E-state index contributed by atoms with van der Waals surface area (Å²) in [6.07, 6.45) is 3.10. The van der Waals surface area contributed by atoms with E-state index in [-0.39, 0.29) is 18.0 Å². The van der Waals surface area contributed by atoms with Crippen LogP contribution >= 0.6 is 22.9 Å². The minimum atomic E-state index is -0.588. The van der Waals surface area contributed by atoms with Crippen LogP contribution in [-0.2, 0) is 13.6 Å². The molecule has 0 atom stereocenters. The predicted octanol–water partition coefficient (Wildman–Crippen LogP) is 4.18. The van der Waals surface area contributed by atoms with Crippen LogP contribution in [0.25, 0.3) is 37.4 Å². The molecule has 1 aromatic carbocycles. The molecule has 8 nitrogen and oxygen atoms in total. The van der Waals surface area contributed by atoms with E-state index in [0.29, 0.717) is 43.2 Å². The summed E-state index contributed by atoms with van der Waals surface area (Å²) >= 11 is 7.40. The third-order valence-electron chi connectivity index (χ3n) is 5.69. The molecule has 0 aliphatic rings. The second kappa shape index (κ2) is 8.20. The Kier molecular flexibility index (Phi) is 5.31. The van der Waals surface area contributed by atoms with Crippen molar-refractivity contribution in [2.75, 3.05) is 0 Å². The Morgan fingerprint density at radius 3 is 2.76 bits per heavy atom. The van der Waals surface area contributed by atoms with E-state index in [1.54, 1.807) is 23.9 Å². The van der Waals surface area contributed by atoms with Gasteiger partial charge in [-0.05, 0) is 31.2 Å². The van der Waals surface area contributed by atoms with Crippen molar-refractivity contribution in [1.29, 1.82) is 5.26 Å². The highest BCUT2D eigenvalue weighted by molar-refractivity contribution is 7.22. The highest BCUT2D eigenvalue weighted by Crippen LogP contribution is 2.36. The molecule has 0 aliphatic heterocycles. The maximum Gasteiger partial charge on any atom is 0.336 e. The maximum absolute atomic E-state index is 13.7. The largest absolute Gasteiger partial charge is 0.336 e. The Balaban J connectivity index is 1.87. The van der Waals surface area contributed by atoms with Gasteiger partial charge in [0, 0.05) is 24.0 Å². The summed E-state index contributed by atoms with van der Waals surface area (Å²) in [5.41, 5.74) is 1.28. The molecule has 170 valence electrons. The molecular formula is C23H16ClFN6O2S. The van der Waals surface area contributed by atoms with Crippen LogP contribution in [0.15, 0.2) is 46.2 Å². The quantitative estimate of drug-likeness (QED) is 0.373. The number of nitrogens with zero attached hydrogens (tertiary/aromatic N) is 6. The summed E-state index contributed by atoms with van der Waals surface area (Å²) in [6.45, 7) is 1.91. The van der Waals surface area contributed by atoms with E-state index in [0.717, 1.165) is 15.9 Å². The molecule has 0 saturated carbocycles. The summed E-state index contributed by atoms with van der Waals surface area (Å²) in [7, 11) is 1.80. The Hall–Kier alpha value is -3.81. The molecular weight excluding hydrogens is 479 g/mol. The number of aromatic nitrogens is 5. The van der Waals surface area contributed by atoms with Gasteiger partial charge in [-0.3, -0.25) is 14.3 Å². The molecule has 0 amide bonds. The highest BCUT2D eigenvalue weighted by atomic mass is 35.5. The minimum Gasteiger partial charge on any atom is -0.330 e. The Morgan fingerprint density at radius 2 is 2.03 bits per heavy atom. The van der Waals surface area contributed by atoms with Crippen molar-refractivity contribution < 1.29 is 4.39 Å². The molecule has 34 heavy (non-hydrogen) atoms. The van der Waals surface area contributed by atoms with E-state index in [9.17, 15) is 14.0 Å². The fraction of sp³-hybridized carbons (Fsp3) is 0.174. The van der Waals surface area contributed by atoms with Crippen LogP contribution in [0, 0.1) is 24.1 Å². The monoisotopic (exact) mass is 494 g/mol. The molecule has 0 N–H and O–H groups in total. The first-order valence-corrected chi connectivity index (χ1v) is 11.4. The highest BCUT2D eigenvalue weighted by Gasteiger charge is 2.22. The number of aryl methyl sites for hydroxylation is 3. The van der Waals surface area contributed by atoms with Crippen molar-refractivity contribution in [3.8, 4) is 22.2 Å². The molecule has 5 aromatic rings. The number of hydrogen-bond donors (Lipinski definition) is 0. The lowest BCUT2D eigenvalue weighted by atomic mass is 10.2. The van der Waals surface area contributed by atoms with Crippen LogP contribution < -0.4 is 11.2 Å². The van der Waals surface area contributed by atoms with Gasteiger partial charge >= 0.3 is 5.69 Å². The summed E-state index contributed by atoms with van der Waals surface area (Å²) < 4.78 is 18.1. The number of nitriles is 1. The van der Waals surface area contributed by atoms with E-state index in [2.05, 4.69) is 9.97 Å². The molecule has 4 aromatic heterocycles. The third kappa shape index (κ3) is 3.32. The average Bonchev–Trinajstić information content (AvgIpc) is 3.36. The standard InChI is InChI=1S/C23H16ClFN6O2S/c1-12-28-16-10-27-11-18(20(16)29(12)2)31-22(32)21-17(30(23(31)33)7-3-6-26)9-19(34-21)14-5-4-13(25)8-15(14)24/h4-5,8-11H,3,7H2,1-2H3. The predicted molar refractivity (Wildman–Crippen MR) is 129 cm³/mol. The molecule has 0 bridgehead atoms. The Bertz CT molecular complexity index is 1780. The van der Waals surface area contributed by atoms with Gasteiger partial charge in [0.1, 0.15) is 21.9 Å². The lowest BCUT2D eigenvalue weighted by molar-refractivity contribution is 0.628. The zero-order chi connectivity index (χ0) is 24.1. The van der Waals surface area contributed by atoms with Gasteiger partial charge < -0.3 is 4.57 Å². The molecule has 4 heterocycles. The van der Waals surface area contributed by atoms with Crippen molar-refractivity contribution in [2.45, 2.75) is 19.9 Å². The number of rotatable bonds is 4. The van der Waals surface area contributed by atoms with Gasteiger partial charge in [-0.1, -0.05) is 11.6 Å². The molecule has 0 aliphatic carbocycles. The smallest absolute Gasteiger partial charge is 0.330 e. The fourth-order valence-corrected chi connectivity index (χ4v) is 5.45. The molecule has 0 saturated heterocycles. The Labute approximate surface area is 200 Å². The van der Waals surface area contributed by atoms with E-state index in [1.165, 1.54) is 29.0 Å². The molecule has 0 fully saturated rings. The summed E-state index contributed by atoms with van der Waals surface area (Å²) in [4.78, 5) is 36.5. The van der Waals surface area contributed by atoms with Gasteiger partial charge in [0.05, 0.1) is 46.6 Å². The van der Waals surface area contributed by atoms with Crippen LogP contribution in [0.4, 0.5) is 4.39 Å². The van der Waals surface area contributed by atoms with Gasteiger partial charge in [-0.2, -0.15) is 5.26 Å². The van der Waals surface area contributed by atoms with Crippen LogP contribution in [0.5, 0.6) is 0 Å². The van der Waals surface area contributed by atoms with Gasteiger partial charge in [0.2, 0.25) is 0 Å². The number of pyridine rings is 1. The van der Waals surface area contributed by atoms with E-state index < -0.39 is 17.1 Å². The van der Waals surface area contributed by atoms with Crippen molar-refractivity contribution in [1.82, 2.24) is 23.7 Å². The van der Waals surface area contributed by atoms with Crippen LogP contribution in [0.3, 0.4) is 0 Å². The van der Waals surface area contributed by atoms with Crippen molar-refractivity contribution in [2.24, 2.45) is 7.05 Å². The molecule has 5 rings (SSSR count). The molecule has 11 heteroatoms. The second-order valence-electron chi connectivity index (χ2n) is 7.68. The number of fused-ring (bicyclic) bond motifs is 2. The van der Waals surface area contributed by atoms with E-state index >= 15 is 0 Å². The maximum atomic E-state index is 13.7. The minimum absolute atomic E-state index is 0.0724. The van der Waals surface area contributed by atoms with Gasteiger partial charge in [0.15, 0.2) is 0 Å². The zero-order valence-electron chi connectivity index (χ0n) is 18.0. The average molecular weight is 495 g/mol. The first kappa shape index (κ1) is 22.0. The first-order valence-electron chi connectivity index (χ1n) is 10.2. The van der Waals surface area contributed by atoms with Gasteiger partial charge in [-0.25, -0.2) is 18.7 Å². The lowest BCUT2D eigenvalue weighted by Gasteiger charge is -2.12. The van der Waals surface area contributed by atoms with E-state index in [1.807, 2.05) is 13.0 Å². The van der Waals surface area contributed by atoms with Crippen LogP contribution in [0.2, 0.25) is 5.02 Å². The first-order chi connectivity index (χ1) is 16.3. The number of imidazole rings is 1. The number of hydrogen-bond acceptors (Lipinski definition) is 6. The fourth-order valence-electron chi connectivity index (χ4n) is 3.99. The second-order valence-corrected chi connectivity index (χ2v) is 9.14. The normalized spacial score (nSPS) is 11.4. The van der Waals surface area contributed by atoms with Gasteiger partial charge in [-0.15, -0.1) is 11.3 Å². The molecule has 0 spiro atoms. The summed E-state index contributed by atoms with van der Waals surface area (Å²) in [5.74, 6) is 0.225. The molecule has 0 unspecified atom stereocenters. The number of thiophene rings is 1. The van der Waals surface area contributed by atoms with Crippen LogP contribution in [0.1, 0.15) is 12.2 Å². The SMILES string of the molecule is Cc1nc2cncc(-n3c(=O)c4sc(-c5ccc(F)cc5Cl)cc4n(CCC#N)c3=O)c2n1C. The zero-order valence-corrected chi connectivity index (χ0v) is 19.6. The summed E-state index contributed by atoms with van der Waals surface area (Å²) in [6, 6.07) is 7.73. The van der Waals surface area contributed by atoms with Crippen LogP contribution in [-0.4, -0.2) is 23.7 Å². The van der Waals surface area contributed by atoms with Crippen molar-refractivity contribution >= 4 is 44.2 Å². The number of benzene rings is 1. The number of halogens is 2. The van der Waals surface area contributed by atoms with Crippen molar-refractivity contribution in [3.63, 3.8) is 0 Å². The lowest BCUT2D eigenvalue weighted by Crippen LogP contribution is -2.38. The topological polar surface area (TPSA) is 98.5 Å². The molecule has 0 radical (unpaired) electrons. The van der Waals surface area contributed by atoms with Gasteiger partial charge in [0.25, 0.3) is 5.56 Å².